The Balaban J connectivity index is 1.97. The second-order valence-electron chi connectivity index (χ2n) is 4.30. The van der Waals surface area contributed by atoms with Gasteiger partial charge in [0.25, 0.3) is 0 Å². The number of nitrogens with zero attached hydrogens (tertiary/aromatic N) is 2. The lowest BCUT2D eigenvalue weighted by Gasteiger charge is -2.18. The number of fused-ring (bicyclic) bond motifs is 1. The molecule has 1 aliphatic rings. The first kappa shape index (κ1) is 10.1. The number of anilines is 1. The summed E-state index contributed by atoms with van der Waals surface area (Å²) in [6, 6.07) is 4.25. The van der Waals surface area contributed by atoms with Gasteiger partial charge in [-0.1, -0.05) is 0 Å². The van der Waals surface area contributed by atoms with Gasteiger partial charge in [0.2, 0.25) is 0 Å². The van der Waals surface area contributed by atoms with Gasteiger partial charge in [-0.05, 0) is 36.4 Å². The van der Waals surface area contributed by atoms with Gasteiger partial charge < -0.3 is 10.6 Å². The van der Waals surface area contributed by atoms with Gasteiger partial charge in [0.05, 0.1) is 0 Å². The summed E-state index contributed by atoms with van der Waals surface area (Å²) in [5.74, 6) is 1.77. The summed E-state index contributed by atoms with van der Waals surface area (Å²) in [5, 5.41) is 3.41. The van der Waals surface area contributed by atoms with Crippen molar-refractivity contribution >= 4 is 27.2 Å². The highest BCUT2D eigenvalue weighted by Crippen LogP contribution is 2.31. The summed E-state index contributed by atoms with van der Waals surface area (Å²) in [4.78, 5) is 6.89. The summed E-state index contributed by atoms with van der Waals surface area (Å²) in [6.45, 7) is 2.93. The fourth-order valence-corrected chi connectivity index (χ4v) is 3.13. The Labute approximate surface area is 98.9 Å². The van der Waals surface area contributed by atoms with Crippen LogP contribution in [0.15, 0.2) is 23.7 Å². The summed E-state index contributed by atoms with van der Waals surface area (Å²) in [5.41, 5.74) is 5.72. The summed E-state index contributed by atoms with van der Waals surface area (Å²) in [7, 11) is 0. The van der Waals surface area contributed by atoms with Crippen molar-refractivity contribution in [1.29, 1.82) is 0 Å². The van der Waals surface area contributed by atoms with E-state index in [2.05, 4.69) is 27.4 Å². The molecule has 2 aromatic heterocycles. The molecule has 1 unspecified atom stereocenters. The molecule has 0 bridgehead atoms. The quantitative estimate of drug-likeness (QED) is 0.863. The van der Waals surface area contributed by atoms with Crippen LogP contribution in [0.5, 0.6) is 0 Å². The largest absolute Gasteiger partial charge is 0.356 e. The molecule has 2 N–H and O–H groups in total. The van der Waals surface area contributed by atoms with Gasteiger partial charge >= 0.3 is 0 Å². The average molecular weight is 233 g/mol. The highest BCUT2D eigenvalue weighted by Gasteiger charge is 2.23. The predicted octanol–water partition coefficient (Wildman–Crippen LogP) is 2.08. The number of hydrogen-bond donors (Lipinski definition) is 1. The van der Waals surface area contributed by atoms with Crippen molar-refractivity contribution in [2.24, 2.45) is 11.7 Å². The highest BCUT2D eigenvalue weighted by atomic mass is 32.1. The van der Waals surface area contributed by atoms with Gasteiger partial charge in [-0.25, -0.2) is 4.98 Å². The molecule has 0 saturated carbocycles. The van der Waals surface area contributed by atoms with Gasteiger partial charge in [0, 0.05) is 29.4 Å². The zero-order chi connectivity index (χ0) is 11.0. The first-order valence-electron chi connectivity index (χ1n) is 5.65. The van der Waals surface area contributed by atoms with E-state index >= 15 is 0 Å². The van der Waals surface area contributed by atoms with Crippen LogP contribution in [-0.4, -0.2) is 24.6 Å². The van der Waals surface area contributed by atoms with Crippen LogP contribution in [-0.2, 0) is 0 Å². The van der Waals surface area contributed by atoms with Gasteiger partial charge in [-0.3, -0.25) is 0 Å². The SMILES string of the molecule is NCC1CCN(c2nccc3sccc23)C1. The number of pyridine rings is 1. The molecule has 2 aromatic rings. The minimum absolute atomic E-state index is 0.635. The van der Waals surface area contributed by atoms with Crippen molar-refractivity contribution in [3.8, 4) is 0 Å². The number of hydrogen-bond acceptors (Lipinski definition) is 4. The highest BCUT2D eigenvalue weighted by molar-refractivity contribution is 7.17. The number of nitrogens with two attached hydrogens (primary N) is 1. The Morgan fingerprint density at radius 1 is 1.50 bits per heavy atom. The molecular formula is C12H15N3S. The van der Waals surface area contributed by atoms with E-state index in [4.69, 9.17) is 5.73 Å². The fourth-order valence-electron chi connectivity index (χ4n) is 2.35. The maximum Gasteiger partial charge on any atom is 0.137 e. The fraction of sp³-hybridized carbons (Fsp3) is 0.417. The zero-order valence-electron chi connectivity index (χ0n) is 9.10. The molecule has 1 aliphatic heterocycles. The van der Waals surface area contributed by atoms with E-state index in [1.54, 1.807) is 11.3 Å². The Hall–Kier alpha value is -1.13. The average Bonchev–Trinajstić information content (AvgIpc) is 2.97. The van der Waals surface area contributed by atoms with Crippen LogP contribution in [0.4, 0.5) is 5.82 Å². The lowest BCUT2D eigenvalue weighted by atomic mass is 10.1. The second kappa shape index (κ2) is 4.03. The smallest absolute Gasteiger partial charge is 0.137 e. The van der Waals surface area contributed by atoms with Crippen LogP contribution in [0, 0.1) is 5.92 Å². The first-order valence-corrected chi connectivity index (χ1v) is 6.53. The molecule has 0 aromatic carbocycles. The van der Waals surface area contributed by atoms with Gasteiger partial charge in [0.15, 0.2) is 0 Å². The topological polar surface area (TPSA) is 42.1 Å². The molecule has 0 spiro atoms. The monoisotopic (exact) mass is 233 g/mol. The molecule has 16 heavy (non-hydrogen) atoms. The van der Waals surface area contributed by atoms with Crippen LogP contribution in [0.2, 0.25) is 0 Å². The molecule has 1 saturated heterocycles. The minimum atomic E-state index is 0.635. The van der Waals surface area contributed by atoms with E-state index < -0.39 is 0 Å². The Kier molecular flexibility index (Phi) is 2.53. The lowest BCUT2D eigenvalue weighted by Crippen LogP contribution is -2.23. The Morgan fingerprint density at radius 3 is 3.25 bits per heavy atom. The van der Waals surface area contributed by atoms with Crippen molar-refractivity contribution in [1.82, 2.24) is 4.98 Å². The maximum absolute atomic E-state index is 5.72. The molecule has 0 radical (unpaired) electrons. The summed E-state index contributed by atoms with van der Waals surface area (Å²) in [6.07, 6.45) is 3.10. The van der Waals surface area contributed by atoms with E-state index in [1.807, 2.05) is 6.20 Å². The van der Waals surface area contributed by atoms with E-state index in [0.717, 1.165) is 25.5 Å². The van der Waals surface area contributed by atoms with E-state index in [-0.39, 0.29) is 0 Å². The molecule has 1 fully saturated rings. The van der Waals surface area contributed by atoms with Crippen molar-refractivity contribution in [2.45, 2.75) is 6.42 Å². The molecule has 84 valence electrons. The molecule has 0 aliphatic carbocycles. The molecule has 1 atom stereocenters. The van der Waals surface area contributed by atoms with Crippen LogP contribution < -0.4 is 10.6 Å². The minimum Gasteiger partial charge on any atom is -0.356 e. The van der Waals surface area contributed by atoms with Gasteiger partial charge in [-0.2, -0.15) is 0 Å². The third-order valence-electron chi connectivity index (χ3n) is 3.28. The number of aromatic nitrogens is 1. The molecule has 3 rings (SSSR count). The Morgan fingerprint density at radius 2 is 2.44 bits per heavy atom. The van der Waals surface area contributed by atoms with Crippen molar-refractivity contribution < 1.29 is 0 Å². The predicted molar refractivity (Wildman–Crippen MR) is 69.0 cm³/mol. The van der Waals surface area contributed by atoms with Crippen molar-refractivity contribution in [3.05, 3.63) is 23.7 Å². The number of thiophene rings is 1. The molecular weight excluding hydrogens is 218 g/mol. The van der Waals surface area contributed by atoms with Gasteiger partial charge in [-0.15, -0.1) is 11.3 Å². The van der Waals surface area contributed by atoms with Crippen LogP contribution in [0.1, 0.15) is 6.42 Å². The number of rotatable bonds is 2. The molecule has 3 heterocycles. The summed E-state index contributed by atoms with van der Waals surface area (Å²) < 4.78 is 1.32. The van der Waals surface area contributed by atoms with E-state index in [9.17, 15) is 0 Å². The lowest BCUT2D eigenvalue weighted by molar-refractivity contribution is 0.602. The van der Waals surface area contributed by atoms with E-state index in [0.29, 0.717) is 5.92 Å². The van der Waals surface area contributed by atoms with E-state index in [1.165, 1.54) is 16.5 Å². The van der Waals surface area contributed by atoms with Crippen LogP contribution in [0.3, 0.4) is 0 Å². The second-order valence-corrected chi connectivity index (χ2v) is 5.25. The molecule has 4 heteroatoms. The molecule has 0 amide bonds. The summed E-state index contributed by atoms with van der Waals surface area (Å²) >= 11 is 1.78. The zero-order valence-corrected chi connectivity index (χ0v) is 9.91. The van der Waals surface area contributed by atoms with Crippen LogP contribution in [0.25, 0.3) is 10.1 Å². The normalized spacial score (nSPS) is 20.8. The third kappa shape index (κ3) is 1.58. The molecule has 3 nitrogen and oxygen atoms in total. The van der Waals surface area contributed by atoms with Crippen LogP contribution >= 0.6 is 11.3 Å². The standard InChI is InChI=1S/C12H15N3S/c13-7-9-2-5-15(8-9)12-10-3-6-16-11(10)1-4-14-12/h1,3-4,6,9H,2,5,7-8,13H2. The first-order chi connectivity index (χ1) is 7.88. The third-order valence-corrected chi connectivity index (χ3v) is 4.16. The van der Waals surface area contributed by atoms with Crippen molar-refractivity contribution in [2.75, 3.05) is 24.5 Å². The Bertz CT molecular complexity index is 494. The van der Waals surface area contributed by atoms with Crippen molar-refractivity contribution in [3.63, 3.8) is 0 Å². The maximum atomic E-state index is 5.72. The van der Waals surface area contributed by atoms with Gasteiger partial charge in [0.1, 0.15) is 5.82 Å².